The Kier molecular flexibility index (Phi) is 41.4. The van der Waals surface area contributed by atoms with Crippen molar-refractivity contribution in [1.29, 1.82) is 0 Å². The fourth-order valence-corrected chi connectivity index (χ4v) is 3.00. The molecule has 0 aromatic heterocycles. The minimum atomic E-state index is -0.667. The van der Waals surface area contributed by atoms with Gasteiger partial charge in [-0.1, -0.05) is 6.92 Å². The molecule has 0 saturated carbocycles. The molecule has 0 amide bonds. The van der Waals surface area contributed by atoms with Gasteiger partial charge in [-0.05, 0) is 19.3 Å². The number of carbonyl (C=O) groups is 4. The van der Waals surface area contributed by atoms with Crippen molar-refractivity contribution in [3.63, 3.8) is 0 Å². The maximum absolute atomic E-state index is 11.0. The summed E-state index contributed by atoms with van der Waals surface area (Å²) in [6, 6.07) is 0. The molecule has 0 aliphatic carbocycles. The SMILES string of the molecule is CCC(CO)(CO)CO.O=C(CCS)OCCOCCOCCOCCOC(=O)CCS.O=C(CS)OCCCCOC(=O)CS. The summed E-state index contributed by atoms with van der Waals surface area (Å²) >= 11 is 15.4. The van der Waals surface area contributed by atoms with E-state index in [-0.39, 0.29) is 68.4 Å². The number of thiol groups is 4. The van der Waals surface area contributed by atoms with E-state index in [1.165, 1.54) is 0 Å². The van der Waals surface area contributed by atoms with Crippen LogP contribution in [0.25, 0.3) is 0 Å². The van der Waals surface area contributed by atoms with Crippen LogP contribution in [0.4, 0.5) is 0 Å². The highest BCUT2D eigenvalue weighted by atomic mass is 32.1. The van der Waals surface area contributed by atoms with E-state index in [9.17, 15) is 19.2 Å². The number of carbonyl (C=O) groups excluding carboxylic acids is 4. The average Bonchev–Trinajstić information content (AvgIpc) is 3.06. The largest absolute Gasteiger partial charge is 0.465 e. The molecule has 0 saturated heterocycles. The van der Waals surface area contributed by atoms with E-state index in [0.717, 1.165) is 0 Å². The molecule has 0 fully saturated rings. The smallest absolute Gasteiger partial charge is 0.315 e. The van der Waals surface area contributed by atoms with Crippen molar-refractivity contribution in [3.8, 4) is 0 Å². The van der Waals surface area contributed by atoms with Gasteiger partial charge >= 0.3 is 23.9 Å². The van der Waals surface area contributed by atoms with Crippen molar-refractivity contribution in [2.75, 3.05) is 109 Å². The van der Waals surface area contributed by atoms with Gasteiger partial charge in [-0.25, -0.2) is 0 Å². The molecule has 274 valence electrons. The number of unbranched alkanes of at least 4 members (excludes halogenated alkanes) is 1. The van der Waals surface area contributed by atoms with E-state index in [0.29, 0.717) is 96.5 Å². The Morgan fingerprint density at radius 2 is 0.804 bits per heavy atom. The highest BCUT2D eigenvalue weighted by molar-refractivity contribution is 7.81. The molecular formula is C28H54O14S4. The van der Waals surface area contributed by atoms with E-state index in [1.54, 1.807) is 0 Å². The van der Waals surface area contributed by atoms with Crippen molar-refractivity contribution in [3.05, 3.63) is 0 Å². The zero-order valence-electron chi connectivity index (χ0n) is 26.7. The van der Waals surface area contributed by atoms with Gasteiger partial charge in [-0.3, -0.25) is 19.2 Å². The molecule has 14 nitrogen and oxygen atoms in total. The lowest BCUT2D eigenvalue weighted by Crippen LogP contribution is -2.32. The topological polar surface area (TPSA) is 194 Å². The Hall–Kier alpha value is -0.960. The van der Waals surface area contributed by atoms with E-state index in [2.05, 4.69) is 50.5 Å². The number of hydrogen-bond acceptors (Lipinski definition) is 18. The molecule has 0 aliphatic rings. The maximum atomic E-state index is 11.0. The second-order valence-electron chi connectivity index (χ2n) is 9.02. The van der Waals surface area contributed by atoms with Crippen molar-refractivity contribution < 1.29 is 67.7 Å². The minimum absolute atomic E-state index is 0.0919. The van der Waals surface area contributed by atoms with E-state index in [1.807, 2.05) is 6.92 Å². The summed E-state index contributed by atoms with van der Waals surface area (Å²) in [6.07, 6.45) is 2.57. The van der Waals surface area contributed by atoms with Crippen LogP contribution in [0.1, 0.15) is 39.0 Å². The molecule has 0 bridgehead atoms. The number of ether oxygens (including phenoxy) is 7. The van der Waals surface area contributed by atoms with Crippen molar-refractivity contribution in [2.45, 2.75) is 39.0 Å². The van der Waals surface area contributed by atoms with Crippen LogP contribution >= 0.6 is 50.5 Å². The summed E-state index contributed by atoms with van der Waals surface area (Å²) in [6.45, 7) is 4.92. The lowest BCUT2D eigenvalue weighted by molar-refractivity contribution is -0.145. The Balaban J connectivity index is -0.000000679. The first-order chi connectivity index (χ1) is 22.1. The third-order valence-electron chi connectivity index (χ3n) is 5.44. The van der Waals surface area contributed by atoms with Crippen LogP contribution in [-0.2, 0) is 52.3 Å². The number of aliphatic hydroxyl groups excluding tert-OH is 3. The van der Waals surface area contributed by atoms with Gasteiger partial charge in [0.05, 0.1) is 97.0 Å². The first-order valence-electron chi connectivity index (χ1n) is 14.8. The van der Waals surface area contributed by atoms with Crippen LogP contribution in [0, 0.1) is 5.41 Å². The summed E-state index contributed by atoms with van der Waals surface area (Å²) in [5, 5.41) is 26.0. The van der Waals surface area contributed by atoms with Gasteiger partial charge in [0.1, 0.15) is 13.2 Å². The van der Waals surface area contributed by atoms with Gasteiger partial charge in [-0.15, -0.1) is 0 Å². The average molecular weight is 743 g/mol. The molecule has 0 rings (SSSR count). The molecule has 0 radical (unpaired) electrons. The molecule has 18 heteroatoms. The predicted octanol–water partition coefficient (Wildman–Crippen LogP) is 0.835. The Morgan fingerprint density at radius 3 is 1.04 bits per heavy atom. The molecule has 0 aromatic carbocycles. The zero-order valence-corrected chi connectivity index (χ0v) is 30.3. The number of rotatable bonds is 27. The summed E-state index contributed by atoms with van der Waals surface area (Å²) in [5.41, 5.74) is -0.667. The van der Waals surface area contributed by atoms with Gasteiger partial charge in [0.15, 0.2) is 0 Å². The molecule has 0 aromatic rings. The van der Waals surface area contributed by atoms with Crippen molar-refractivity contribution >= 4 is 74.4 Å². The lowest BCUT2D eigenvalue weighted by atomic mass is 9.88. The van der Waals surface area contributed by atoms with Crippen LogP contribution in [0.5, 0.6) is 0 Å². The second-order valence-corrected chi connectivity index (χ2v) is 10.5. The van der Waals surface area contributed by atoms with Crippen LogP contribution in [0.2, 0.25) is 0 Å². The van der Waals surface area contributed by atoms with Crippen molar-refractivity contribution in [2.24, 2.45) is 5.41 Å². The maximum Gasteiger partial charge on any atom is 0.315 e. The second kappa shape index (κ2) is 38.5. The molecule has 0 heterocycles. The summed E-state index contributed by atoms with van der Waals surface area (Å²) in [5.74, 6) is -0.0621. The standard InChI is InChI=1S/C14H26O7S2.C8H14O4S2.C6H14O3/c15-13(1-11-22)20-9-7-18-5-3-17-4-6-19-8-10-21-14(16)2-12-23;9-7(5-13)11-3-1-2-4-12-8(10)6-14;1-2-6(3-7,4-8)5-9/h22-23H,1-12H2;13-14H,1-6H2;7-9H,2-5H2,1H3. The summed E-state index contributed by atoms with van der Waals surface area (Å²) in [4.78, 5) is 43.2. The van der Waals surface area contributed by atoms with E-state index < -0.39 is 5.41 Å². The lowest BCUT2D eigenvalue weighted by Gasteiger charge is -2.24. The van der Waals surface area contributed by atoms with Gasteiger partial charge in [0.25, 0.3) is 0 Å². The Labute approximate surface area is 294 Å². The number of esters is 4. The molecule has 0 spiro atoms. The van der Waals surface area contributed by atoms with Gasteiger partial charge in [0.2, 0.25) is 0 Å². The van der Waals surface area contributed by atoms with Crippen LogP contribution < -0.4 is 0 Å². The van der Waals surface area contributed by atoms with E-state index in [4.69, 9.17) is 48.5 Å². The quantitative estimate of drug-likeness (QED) is 0.0271. The summed E-state index contributed by atoms with van der Waals surface area (Å²) in [7, 11) is 0. The monoisotopic (exact) mass is 742 g/mol. The van der Waals surface area contributed by atoms with E-state index >= 15 is 0 Å². The molecule has 3 N–H and O–H groups in total. The molecule has 0 aliphatic heterocycles. The first-order valence-corrected chi connectivity index (χ1v) is 17.3. The Morgan fingerprint density at radius 1 is 0.500 bits per heavy atom. The molecule has 0 atom stereocenters. The zero-order chi connectivity index (χ0) is 35.3. The summed E-state index contributed by atoms with van der Waals surface area (Å²) < 4.78 is 35.0. The fourth-order valence-electron chi connectivity index (χ4n) is 2.45. The third-order valence-corrected chi connectivity index (χ3v) is 6.40. The number of hydrogen-bond donors (Lipinski definition) is 7. The molecular weight excluding hydrogens is 689 g/mol. The number of aliphatic hydroxyl groups is 3. The minimum Gasteiger partial charge on any atom is -0.465 e. The van der Waals surface area contributed by atoms with Crippen molar-refractivity contribution in [1.82, 2.24) is 0 Å². The van der Waals surface area contributed by atoms with Crippen LogP contribution in [0.15, 0.2) is 0 Å². The van der Waals surface area contributed by atoms with Crippen LogP contribution in [0.3, 0.4) is 0 Å². The first kappa shape index (κ1) is 49.4. The molecule has 46 heavy (non-hydrogen) atoms. The highest BCUT2D eigenvalue weighted by Crippen LogP contribution is 2.18. The molecule has 0 unspecified atom stereocenters. The van der Waals surface area contributed by atoms with Gasteiger partial charge < -0.3 is 48.5 Å². The third kappa shape index (κ3) is 35.9. The van der Waals surface area contributed by atoms with Crippen LogP contribution in [-0.4, -0.2) is 148 Å². The highest BCUT2D eigenvalue weighted by Gasteiger charge is 2.24. The Bertz CT molecular complexity index is 665. The van der Waals surface area contributed by atoms with Gasteiger partial charge in [-0.2, -0.15) is 50.5 Å². The normalized spacial score (nSPS) is 10.5. The predicted molar refractivity (Wildman–Crippen MR) is 184 cm³/mol. The fraction of sp³-hybridized carbons (Fsp3) is 0.857. The van der Waals surface area contributed by atoms with Gasteiger partial charge in [0, 0.05) is 16.9 Å².